The molecule has 1 N–H and O–H groups in total. The Bertz CT molecular complexity index is 681. The largest absolute Gasteiger partial charge is 0.451 e. The highest BCUT2D eigenvalue weighted by Gasteiger charge is 2.13. The first-order valence-corrected chi connectivity index (χ1v) is 5.32. The number of benzene rings is 1. The number of anilines is 1. The van der Waals surface area contributed by atoms with Crippen LogP contribution >= 0.6 is 0 Å². The lowest BCUT2D eigenvalue weighted by molar-refractivity contribution is -0.114. The van der Waals surface area contributed by atoms with Gasteiger partial charge in [-0.05, 0) is 12.1 Å². The molecule has 6 heteroatoms. The maximum absolute atomic E-state index is 10.8. The number of nitrogens with one attached hydrogen (secondary N) is 1. The molecule has 0 aliphatic rings. The Morgan fingerprint density at radius 1 is 1.22 bits per heavy atom. The van der Waals surface area contributed by atoms with E-state index in [2.05, 4.69) is 15.5 Å². The van der Waals surface area contributed by atoms with Crippen molar-refractivity contribution >= 4 is 22.9 Å². The lowest BCUT2D eigenvalue weighted by Crippen LogP contribution is -2.05. The second kappa shape index (κ2) is 3.99. The maximum atomic E-state index is 10.8. The number of aromatic nitrogens is 2. The zero-order valence-corrected chi connectivity index (χ0v) is 9.51. The first kappa shape index (κ1) is 10.5. The van der Waals surface area contributed by atoms with E-state index >= 15 is 0 Å². The van der Waals surface area contributed by atoms with E-state index in [1.165, 1.54) is 6.92 Å². The third-order valence-corrected chi connectivity index (χ3v) is 2.34. The van der Waals surface area contributed by atoms with Gasteiger partial charge >= 0.3 is 6.01 Å². The molecule has 6 nitrogen and oxygen atoms in total. The highest BCUT2D eigenvalue weighted by molar-refractivity contribution is 5.86. The zero-order chi connectivity index (χ0) is 12.5. The number of rotatable bonds is 2. The van der Waals surface area contributed by atoms with Gasteiger partial charge in [0.15, 0.2) is 5.76 Å². The van der Waals surface area contributed by atoms with E-state index in [9.17, 15) is 4.79 Å². The molecule has 1 amide bonds. The number of furan rings is 1. The average molecular weight is 243 g/mol. The summed E-state index contributed by atoms with van der Waals surface area (Å²) in [7, 11) is 0. The van der Waals surface area contributed by atoms with Crippen molar-refractivity contribution in [1.82, 2.24) is 10.2 Å². The van der Waals surface area contributed by atoms with Crippen molar-refractivity contribution < 1.29 is 13.6 Å². The van der Waals surface area contributed by atoms with Crippen LogP contribution in [0.1, 0.15) is 6.92 Å². The second-order valence-corrected chi connectivity index (χ2v) is 3.74. The number of hydrogen-bond acceptors (Lipinski definition) is 5. The summed E-state index contributed by atoms with van der Waals surface area (Å²) in [5.41, 5.74) is 0.742. The van der Waals surface area contributed by atoms with E-state index in [0.29, 0.717) is 5.76 Å². The highest BCUT2D eigenvalue weighted by atomic mass is 16.4. The Morgan fingerprint density at radius 2 is 2.06 bits per heavy atom. The van der Waals surface area contributed by atoms with Gasteiger partial charge in [0.1, 0.15) is 5.58 Å². The molecule has 0 spiro atoms. The number of carbonyl (C=O) groups is 1. The standard InChI is InChI=1S/C12H9N3O3/c1-7(16)13-12-15-14-11(18-12)10-6-8-4-2-3-5-9(8)17-10/h2-6H,1H3,(H,13,15,16). The first-order valence-electron chi connectivity index (χ1n) is 5.32. The van der Waals surface area contributed by atoms with Crippen molar-refractivity contribution in [1.29, 1.82) is 0 Å². The van der Waals surface area contributed by atoms with Gasteiger partial charge in [0.2, 0.25) is 5.91 Å². The second-order valence-electron chi connectivity index (χ2n) is 3.74. The predicted octanol–water partition coefficient (Wildman–Crippen LogP) is 2.44. The number of amides is 1. The number of para-hydroxylation sites is 1. The minimum atomic E-state index is -0.269. The van der Waals surface area contributed by atoms with Crippen LogP contribution in [0.2, 0.25) is 0 Å². The van der Waals surface area contributed by atoms with Crippen LogP contribution < -0.4 is 5.32 Å². The summed E-state index contributed by atoms with van der Waals surface area (Å²) in [4.78, 5) is 10.8. The molecule has 90 valence electrons. The minimum absolute atomic E-state index is 0.0537. The highest BCUT2D eigenvalue weighted by Crippen LogP contribution is 2.27. The molecule has 0 radical (unpaired) electrons. The van der Waals surface area contributed by atoms with Crippen LogP contribution in [0, 0.1) is 0 Å². The summed E-state index contributed by atoms with van der Waals surface area (Å²) in [6, 6.07) is 9.43. The summed E-state index contributed by atoms with van der Waals surface area (Å²) in [5, 5.41) is 10.9. The number of carbonyl (C=O) groups excluding carboxylic acids is 1. The fourth-order valence-electron chi connectivity index (χ4n) is 1.61. The van der Waals surface area contributed by atoms with Crippen molar-refractivity contribution in [3.8, 4) is 11.7 Å². The van der Waals surface area contributed by atoms with E-state index < -0.39 is 0 Å². The van der Waals surface area contributed by atoms with Crippen molar-refractivity contribution in [2.45, 2.75) is 6.92 Å². The van der Waals surface area contributed by atoms with E-state index in [-0.39, 0.29) is 17.8 Å². The van der Waals surface area contributed by atoms with Crippen LogP contribution in [0.15, 0.2) is 39.2 Å². The maximum Gasteiger partial charge on any atom is 0.322 e. The summed E-state index contributed by atoms with van der Waals surface area (Å²) < 4.78 is 10.8. The van der Waals surface area contributed by atoms with Crippen LogP contribution in [-0.2, 0) is 4.79 Å². The van der Waals surface area contributed by atoms with Crippen molar-refractivity contribution in [2.75, 3.05) is 5.32 Å². The van der Waals surface area contributed by atoms with E-state index in [0.717, 1.165) is 11.0 Å². The molecule has 0 fully saturated rings. The molecule has 18 heavy (non-hydrogen) atoms. The first-order chi connectivity index (χ1) is 8.72. The lowest BCUT2D eigenvalue weighted by atomic mass is 10.2. The molecule has 0 aliphatic heterocycles. The Hall–Kier alpha value is -2.63. The summed E-state index contributed by atoms with van der Waals surface area (Å²) in [6.45, 7) is 1.37. The van der Waals surface area contributed by atoms with Crippen molar-refractivity contribution in [3.63, 3.8) is 0 Å². The lowest BCUT2D eigenvalue weighted by Gasteiger charge is -1.90. The van der Waals surface area contributed by atoms with Gasteiger partial charge in [-0.1, -0.05) is 23.3 Å². The van der Waals surface area contributed by atoms with Gasteiger partial charge in [-0.15, -0.1) is 5.10 Å². The van der Waals surface area contributed by atoms with Gasteiger partial charge in [0.05, 0.1) is 0 Å². The van der Waals surface area contributed by atoms with Crippen molar-refractivity contribution in [3.05, 3.63) is 30.3 Å². The van der Waals surface area contributed by atoms with Gasteiger partial charge in [-0.2, -0.15) is 0 Å². The van der Waals surface area contributed by atoms with Crippen LogP contribution in [0.25, 0.3) is 22.6 Å². The molecule has 2 aromatic heterocycles. The molecule has 2 heterocycles. The zero-order valence-electron chi connectivity index (χ0n) is 9.51. The quantitative estimate of drug-likeness (QED) is 0.747. The van der Waals surface area contributed by atoms with Gasteiger partial charge in [-0.3, -0.25) is 10.1 Å². The Labute approximate surface area is 102 Å². The van der Waals surface area contributed by atoms with Crippen molar-refractivity contribution in [2.24, 2.45) is 0 Å². The molecule has 1 aromatic carbocycles. The number of fused-ring (bicyclic) bond motifs is 1. The number of hydrogen-bond donors (Lipinski definition) is 1. The fraction of sp³-hybridized carbons (Fsp3) is 0.0833. The molecule has 3 rings (SSSR count). The fourth-order valence-corrected chi connectivity index (χ4v) is 1.61. The SMILES string of the molecule is CC(=O)Nc1nnc(-c2cc3ccccc3o2)o1. The monoisotopic (exact) mass is 243 g/mol. The van der Waals surface area contributed by atoms with E-state index in [1.54, 1.807) is 6.07 Å². The molecule has 0 bridgehead atoms. The van der Waals surface area contributed by atoms with E-state index in [1.807, 2.05) is 24.3 Å². The third-order valence-electron chi connectivity index (χ3n) is 2.34. The van der Waals surface area contributed by atoms with Gasteiger partial charge in [0.25, 0.3) is 5.89 Å². The van der Waals surface area contributed by atoms with Crippen LogP contribution in [0.4, 0.5) is 6.01 Å². The molecular formula is C12H9N3O3. The third kappa shape index (κ3) is 1.84. The van der Waals surface area contributed by atoms with Crippen LogP contribution in [-0.4, -0.2) is 16.1 Å². The van der Waals surface area contributed by atoms with E-state index in [4.69, 9.17) is 8.83 Å². The molecule has 0 saturated carbocycles. The Morgan fingerprint density at radius 3 is 2.83 bits per heavy atom. The van der Waals surface area contributed by atoms with Crippen LogP contribution in [0.5, 0.6) is 0 Å². The van der Waals surface area contributed by atoms with Gasteiger partial charge < -0.3 is 8.83 Å². The van der Waals surface area contributed by atoms with Gasteiger partial charge in [-0.25, -0.2) is 0 Å². The van der Waals surface area contributed by atoms with Crippen LogP contribution in [0.3, 0.4) is 0 Å². The molecule has 0 saturated heterocycles. The topological polar surface area (TPSA) is 81.2 Å². The summed E-state index contributed by atoms with van der Waals surface area (Å²) in [5.74, 6) is 0.435. The molecule has 0 aliphatic carbocycles. The normalized spacial score (nSPS) is 10.7. The predicted molar refractivity (Wildman–Crippen MR) is 63.8 cm³/mol. The minimum Gasteiger partial charge on any atom is -0.451 e. The summed E-state index contributed by atoms with van der Waals surface area (Å²) >= 11 is 0. The average Bonchev–Trinajstić information content (AvgIpc) is 2.93. The smallest absolute Gasteiger partial charge is 0.322 e. The molecule has 0 unspecified atom stereocenters. The molecular weight excluding hydrogens is 234 g/mol. The Balaban J connectivity index is 1.98. The molecule has 0 atom stereocenters. The Kier molecular flexibility index (Phi) is 2.33. The van der Waals surface area contributed by atoms with Gasteiger partial charge in [0, 0.05) is 12.3 Å². The summed E-state index contributed by atoms with van der Waals surface area (Å²) in [6.07, 6.45) is 0. The molecule has 3 aromatic rings. The number of nitrogens with zero attached hydrogens (tertiary/aromatic N) is 2.